The van der Waals surface area contributed by atoms with Crippen LogP contribution < -0.4 is 16.4 Å². The number of primary amides is 1. The summed E-state index contributed by atoms with van der Waals surface area (Å²) in [6.45, 7) is 5.20. The number of nitrogens with zero attached hydrogens (tertiary/aromatic N) is 5. The maximum Gasteiger partial charge on any atom is 0.229 e. The Bertz CT molecular complexity index is 1010. The van der Waals surface area contributed by atoms with Crippen molar-refractivity contribution in [1.29, 1.82) is 0 Å². The topological polar surface area (TPSA) is 123 Å². The third-order valence-corrected chi connectivity index (χ3v) is 6.75. The first kappa shape index (κ1) is 21.2. The summed E-state index contributed by atoms with van der Waals surface area (Å²) in [7, 11) is 0. The van der Waals surface area contributed by atoms with Gasteiger partial charge in [0, 0.05) is 31.9 Å². The molecule has 0 aromatic carbocycles. The molecule has 0 spiro atoms. The average Bonchev–Trinajstić information content (AvgIpc) is 3.52. The van der Waals surface area contributed by atoms with Crippen LogP contribution >= 0.6 is 11.6 Å². The molecule has 1 amide bonds. The highest BCUT2D eigenvalue weighted by Crippen LogP contribution is 2.45. The lowest BCUT2D eigenvalue weighted by Crippen LogP contribution is -2.41. The van der Waals surface area contributed by atoms with Crippen LogP contribution in [-0.2, 0) is 16.1 Å². The molecule has 1 saturated carbocycles. The molecule has 1 aliphatic heterocycles. The lowest BCUT2D eigenvalue weighted by Gasteiger charge is -2.27. The second-order valence-electron chi connectivity index (χ2n) is 8.51. The van der Waals surface area contributed by atoms with Gasteiger partial charge in [0.1, 0.15) is 5.02 Å². The Kier molecular flexibility index (Phi) is 5.99. The standard InChI is InChI=1S/C21H27ClN8O2/c22-16-11-24-21(26-15-10-25-30(12-15)4-3-29-5-7-32-8-6-29)28-20(16)27-18-14-2-1-13(9-14)17(18)19(23)31/h1-2,10-14,17-18H,3-9H2,(H2,23,31)(H2,24,26,27,28)/t13-,14+,17+,18-/m1/s1. The minimum atomic E-state index is -0.299. The fraction of sp³-hybridized carbons (Fsp3) is 0.524. The van der Waals surface area contributed by atoms with Gasteiger partial charge in [-0.3, -0.25) is 14.4 Å². The molecule has 2 aromatic heterocycles. The number of fused-ring (bicyclic) bond motifs is 2. The van der Waals surface area contributed by atoms with E-state index in [4.69, 9.17) is 22.1 Å². The minimum absolute atomic E-state index is 0.120. The van der Waals surface area contributed by atoms with Gasteiger partial charge >= 0.3 is 0 Å². The van der Waals surface area contributed by atoms with Crippen molar-refractivity contribution in [2.75, 3.05) is 43.5 Å². The number of hydrogen-bond donors (Lipinski definition) is 3. The number of amides is 1. The number of carbonyl (C=O) groups is 1. The lowest BCUT2D eigenvalue weighted by molar-refractivity contribution is -0.122. The third-order valence-electron chi connectivity index (χ3n) is 6.47. The van der Waals surface area contributed by atoms with Crippen LogP contribution in [0.4, 0.5) is 17.5 Å². The number of hydrogen-bond acceptors (Lipinski definition) is 8. The van der Waals surface area contributed by atoms with E-state index in [2.05, 4.69) is 42.8 Å². The number of rotatable bonds is 8. The molecule has 170 valence electrons. The van der Waals surface area contributed by atoms with Crippen molar-refractivity contribution in [2.24, 2.45) is 23.5 Å². The number of carbonyl (C=O) groups excluding carboxylic acids is 1. The molecule has 2 bridgehead atoms. The molecule has 2 fully saturated rings. The highest BCUT2D eigenvalue weighted by Gasteiger charge is 2.47. The van der Waals surface area contributed by atoms with Crippen LogP contribution in [0.2, 0.25) is 5.02 Å². The van der Waals surface area contributed by atoms with Crippen molar-refractivity contribution in [3.63, 3.8) is 0 Å². The first-order chi connectivity index (χ1) is 15.6. The van der Waals surface area contributed by atoms with Gasteiger partial charge in [0.25, 0.3) is 0 Å². The molecule has 4 N–H and O–H groups in total. The summed E-state index contributed by atoms with van der Waals surface area (Å²) in [5, 5.41) is 11.3. The van der Waals surface area contributed by atoms with E-state index in [-0.39, 0.29) is 29.7 Å². The number of ether oxygens (including phenoxy) is 1. The van der Waals surface area contributed by atoms with E-state index in [1.54, 1.807) is 12.4 Å². The van der Waals surface area contributed by atoms with Crippen molar-refractivity contribution in [1.82, 2.24) is 24.6 Å². The van der Waals surface area contributed by atoms with E-state index < -0.39 is 0 Å². The van der Waals surface area contributed by atoms with E-state index in [1.807, 2.05) is 10.9 Å². The molecule has 1 saturated heterocycles. The molecule has 4 atom stereocenters. The quantitative estimate of drug-likeness (QED) is 0.508. The van der Waals surface area contributed by atoms with Gasteiger partial charge in [0.2, 0.25) is 11.9 Å². The normalized spacial score (nSPS) is 27.0. The van der Waals surface area contributed by atoms with Crippen LogP contribution in [0.1, 0.15) is 6.42 Å². The number of allylic oxidation sites excluding steroid dienone is 1. The van der Waals surface area contributed by atoms with E-state index in [1.165, 1.54) is 0 Å². The van der Waals surface area contributed by atoms with E-state index in [0.717, 1.165) is 51.5 Å². The molecule has 0 radical (unpaired) electrons. The van der Waals surface area contributed by atoms with Crippen molar-refractivity contribution < 1.29 is 9.53 Å². The van der Waals surface area contributed by atoms with Gasteiger partial charge in [-0.25, -0.2) is 4.98 Å². The highest BCUT2D eigenvalue weighted by atomic mass is 35.5. The van der Waals surface area contributed by atoms with Crippen LogP contribution in [0.5, 0.6) is 0 Å². The van der Waals surface area contributed by atoms with Crippen molar-refractivity contribution in [3.05, 3.63) is 35.8 Å². The number of halogens is 1. The number of nitrogens with one attached hydrogen (secondary N) is 2. The first-order valence-corrected chi connectivity index (χ1v) is 11.3. The molecular weight excluding hydrogens is 432 g/mol. The van der Waals surface area contributed by atoms with E-state index in [0.29, 0.717) is 16.8 Å². The van der Waals surface area contributed by atoms with Crippen LogP contribution in [0.25, 0.3) is 0 Å². The van der Waals surface area contributed by atoms with Gasteiger partial charge in [0.15, 0.2) is 5.82 Å². The largest absolute Gasteiger partial charge is 0.379 e. The SMILES string of the molecule is NC(=O)[C@@H]1[C@H](Nc2nc(Nc3cnn(CCN4CCOCC4)c3)ncc2Cl)[C@H]2C=C[C@@H]1C2. The Balaban J connectivity index is 1.23. The maximum atomic E-state index is 12.0. The second kappa shape index (κ2) is 9.05. The fourth-order valence-electron chi connectivity index (χ4n) is 4.84. The smallest absolute Gasteiger partial charge is 0.229 e. The molecule has 5 rings (SSSR count). The van der Waals surface area contributed by atoms with Crippen LogP contribution in [0.3, 0.4) is 0 Å². The summed E-state index contributed by atoms with van der Waals surface area (Å²) >= 11 is 6.35. The number of morpholine rings is 1. The van der Waals surface area contributed by atoms with Crippen molar-refractivity contribution >= 4 is 35.0 Å². The van der Waals surface area contributed by atoms with Crippen LogP contribution in [0, 0.1) is 17.8 Å². The Morgan fingerprint density at radius 1 is 1.22 bits per heavy atom. The number of aromatic nitrogens is 4. The molecular formula is C21H27ClN8O2. The Labute approximate surface area is 191 Å². The zero-order valence-electron chi connectivity index (χ0n) is 17.7. The Morgan fingerprint density at radius 3 is 2.84 bits per heavy atom. The fourth-order valence-corrected chi connectivity index (χ4v) is 4.99. The number of anilines is 3. The van der Waals surface area contributed by atoms with Crippen molar-refractivity contribution in [2.45, 2.75) is 19.0 Å². The van der Waals surface area contributed by atoms with Gasteiger partial charge in [-0.2, -0.15) is 10.1 Å². The summed E-state index contributed by atoms with van der Waals surface area (Å²) < 4.78 is 7.28. The summed E-state index contributed by atoms with van der Waals surface area (Å²) in [6, 6.07) is -0.120. The summed E-state index contributed by atoms with van der Waals surface area (Å²) in [4.78, 5) is 23.2. The summed E-state index contributed by atoms with van der Waals surface area (Å²) in [6.07, 6.45) is 10.4. The first-order valence-electron chi connectivity index (χ1n) is 10.9. The molecule has 3 aliphatic rings. The lowest BCUT2D eigenvalue weighted by atomic mass is 9.88. The molecule has 32 heavy (non-hydrogen) atoms. The van der Waals surface area contributed by atoms with Gasteiger partial charge < -0.3 is 21.1 Å². The summed E-state index contributed by atoms with van der Waals surface area (Å²) in [5.74, 6) is 0.741. The second-order valence-corrected chi connectivity index (χ2v) is 8.92. The maximum absolute atomic E-state index is 12.0. The molecule has 3 heterocycles. The van der Waals surface area contributed by atoms with Gasteiger partial charge in [0.05, 0.1) is 43.8 Å². The Hall–Kier alpha value is -2.69. The van der Waals surface area contributed by atoms with E-state index in [9.17, 15) is 4.79 Å². The van der Waals surface area contributed by atoms with Crippen LogP contribution in [-0.4, -0.2) is 69.4 Å². The minimum Gasteiger partial charge on any atom is -0.379 e. The van der Waals surface area contributed by atoms with E-state index >= 15 is 0 Å². The zero-order valence-corrected chi connectivity index (χ0v) is 18.4. The monoisotopic (exact) mass is 458 g/mol. The molecule has 11 heteroatoms. The zero-order chi connectivity index (χ0) is 22.1. The molecule has 2 aromatic rings. The predicted octanol–water partition coefficient (Wildman–Crippen LogP) is 1.49. The van der Waals surface area contributed by atoms with Gasteiger partial charge in [-0.05, 0) is 18.3 Å². The van der Waals surface area contributed by atoms with Gasteiger partial charge in [-0.1, -0.05) is 23.8 Å². The van der Waals surface area contributed by atoms with Gasteiger partial charge in [-0.15, -0.1) is 0 Å². The highest BCUT2D eigenvalue weighted by molar-refractivity contribution is 6.32. The Morgan fingerprint density at radius 2 is 2.03 bits per heavy atom. The van der Waals surface area contributed by atoms with Crippen molar-refractivity contribution in [3.8, 4) is 0 Å². The predicted molar refractivity (Wildman–Crippen MR) is 121 cm³/mol. The van der Waals surface area contributed by atoms with Crippen LogP contribution in [0.15, 0.2) is 30.7 Å². The number of nitrogens with two attached hydrogens (primary N) is 1. The third kappa shape index (κ3) is 4.43. The molecule has 2 aliphatic carbocycles. The molecule has 10 nitrogen and oxygen atoms in total. The summed E-state index contributed by atoms with van der Waals surface area (Å²) in [5.41, 5.74) is 6.45. The average molecular weight is 459 g/mol. The molecule has 0 unspecified atom stereocenters.